The van der Waals surface area contributed by atoms with Gasteiger partial charge in [0.25, 0.3) is 5.91 Å². The molecular formula is C24H21F4N3O2. The number of amides is 3. The van der Waals surface area contributed by atoms with Crippen molar-refractivity contribution in [1.29, 1.82) is 0 Å². The number of urea groups is 1. The number of para-hydroxylation sites is 1. The number of carbonyl (C=O) groups excluding carboxylic acids is 2. The van der Waals surface area contributed by atoms with Crippen LogP contribution in [0.5, 0.6) is 0 Å². The summed E-state index contributed by atoms with van der Waals surface area (Å²) in [6, 6.07) is 17.8. The van der Waals surface area contributed by atoms with Crippen LogP contribution < -0.4 is 15.5 Å². The predicted octanol–water partition coefficient (Wildman–Crippen LogP) is 5.70. The van der Waals surface area contributed by atoms with E-state index in [2.05, 4.69) is 10.6 Å². The van der Waals surface area contributed by atoms with Crippen molar-refractivity contribution < 1.29 is 27.2 Å². The molecule has 0 spiro atoms. The van der Waals surface area contributed by atoms with Crippen LogP contribution in [-0.2, 0) is 6.18 Å². The van der Waals surface area contributed by atoms with Crippen molar-refractivity contribution in [3.63, 3.8) is 0 Å². The number of halogens is 4. The summed E-state index contributed by atoms with van der Waals surface area (Å²) in [5.74, 6) is -1.10. The molecule has 0 atom stereocenters. The van der Waals surface area contributed by atoms with E-state index >= 15 is 0 Å². The van der Waals surface area contributed by atoms with E-state index in [-0.39, 0.29) is 18.7 Å². The zero-order chi connectivity index (χ0) is 23.8. The van der Waals surface area contributed by atoms with Crippen molar-refractivity contribution in [2.75, 3.05) is 23.3 Å². The van der Waals surface area contributed by atoms with E-state index in [9.17, 15) is 27.2 Å². The Morgan fingerprint density at radius 3 is 2.24 bits per heavy atom. The number of rotatable bonds is 7. The molecular weight excluding hydrogens is 438 g/mol. The van der Waals surface area contributed by atoms with Gasteiger partial charge in [-0.15, -0.1) is 0 Å². The van der Waals surface area contributed by atoms with Gasteiger partial charge in [-0.1, -0.05) is 24.3 Å². The summed E-state index contributed by atoms with van der Waals surface area (Å²) in [7, 11) is 0. The van der Waals surface area contributed by atoms with Gasteiger partial charge in [0, 0.05) is 30.0 Å². The van der Waals surface area contributed by atoms with E-state index in [0.717, 1.165) is 12.1 Å². The summed E-state index contributed by atoms with van der Waals surface area (Å²) in [4.78, 5) is 26.4. The normalized spacial score (nSPS) is 11.0. The molecule has 9 heteroatoms. The topological polar surface area (TPSA) is 61.4 Å². The van der Waals surface area contributed by atoms with Crippen molar-refractivity contribution in [2.24, 2.45) is 0 Å². The molecule has 5 nitrogen and oxygen atoms in total. The van der Waals surface area contributed by atoms with Crippen molar-refractivity contribution in [2.45, 2.75) is 12.6 Å². The molecule has 0 aliphatic rings. The van der Waals surface area contributed by atoms with Gasteiger partial charge in [-0.2, -0.15) is 13.2 Å². The third-order valence-corrected chi connectivity index (χ3v) is 4.70. The zero-order valence-electron chi connectivity index (χ0n) is 17.4. The summed E-state index contributed by atoms with van der Waals surface area (Å²) in [5, 5.41) is 5.31. The van der Waals surface area contributed by atoms with Crippen LogP contribution in [-0.4, -0.2) is 25.0 Å². The molecule has 172 valence electrons. The molecule has 0 heterocycles. The maximum atomic E-state index is 13.3. The number of alkyl halides is 3. The summed E-state index contributed by atoms with van der Waals surface area (Å²) >= 11 is 0. The summed E-state index contributed by atoms with van der Waals surface area (Å²) in [6.45, 7) is 0.290. The number of benzene rings is 3. The van der Waals surface area contributed by atoms with Crippen LogP contribution in [0.4, 0.5) is 33.7 Å². The average molecular weight is 459 g/mol. The van der Waals surface area contributed by atoms with E-state index in [1.54, 1.807) is 30.3 Å². The fourth-order valence-electron chi connectivity index (χ4n) is 3.06. The van der Waals surface area contributed by atoms with E-state index < -0.39 is 29.5 Å². The molecule has 0 bridgehead atoms. The molecule has 33 heavy (non-hydrogen) atoms. The molecule has 0 saturated carbocycles. The summed E-state index contributed by atoms with van der Waals surface area (Å²) in [5.41, 5.74) is 0.0127. The number of nitrogens with zero attached hydrogens (tertiary/aromatic N) is 1. The largest absolute Gasteiger partial charge is 0.416 e. The minimum atomic E-state index is -4.54. The van der Waals surface area contributed by atoms with Gasteiger partial charge in [0.15, 0.2) is 0 Å². The van der Waals surface area contributed by atoms with Gasteiger partial charge in [-0.05, 0) is 61.0 Å². The van der Waals surface area contributed by atoms with Gasteiger partial charge >= 0.3 is 12.2 Å². The predicted molar refractivity (Wildman–Crippen MR) is 118 cm³/mol. The Hall–Kier alpha value is -3.88. The lowest BCUT2D eigenvalue weighted by molar-refractivity contribution is -0.137. The van der Waals surface area contributed by atoms with E-state index in [4.69, 9.17) is 0 Å². The third-order valence-electron chi connectivity index (χ3n) is 4.70. The van der Waals surface area contributed by atoms with Crippen molar-refractivity contribution in [1.82, 2.24) is 5.32 Å². The highest BCUT2D eigenvalue weighted by molar-refractivity contribution is 6.01. The van der Waals surface area contributed by atoms with E-state index in [1.165, 1.54) is 41.3 Å². The number of nitrogens with one attached hydrogen (secondary N) is 2. The Morgan fingerprint density at radius 1 is 0.879 bits per heavy atom. The van der Waals surface area contributed by atoms with Crippen molar-refractivity contribution in [3.05, 3.63) is 95.8 Å². The Kier molecular flexibility index (Phi) is 7.66. The SMILES string of the molecule is O=C(NCCCN(C(=O)Nc1ccccc1)c1ccc(F)cc1)c1cccc(C(F)(F)F)c1. The highest BCUT2D eigenvalue weighted by Gasteiger charge is 2.30. The van der Waals surface area contributed by atoms with Gasteiger partial charge in [0.1, 0.15) is 5.82 Å². The molecule has 3 amide bonds. The Balaban J connectivity index is 1.62. The Morgan fingerprint density at radius 2 is 1.58 bits per heavy atom. The van der Waals surface area contributed by atoms with Gasteiger partial charge in [-0.3, -0.25) is 9.69 Å². The number of hydrogen-bond acceptors (Lipinski definition) is 2. The quantitative estimate of drug-likeness (QED) is 0.352. The molecule has 0 unspecified atom stereocenters. The van der Waals surface area contributed by atoms with E-state index in [1.807, 2.05) is 0 Å². The van der Waals surface area contributed by atoms with Gasteiger partial charge in [0.05, 0.1) is 5.56 Å². The summed E-state index contributed by atoms with van der Waals surface area (Å²) in [6.07, 6.45) is -4.23. The van der Waals surface area contributed by atoms with Gasteiger partial charge in [-0.25, -0.2) is 9.18 Å². The minimum absolute atomic E-state index is 0.109. The van der Waals surface area contributed by atoms with Crippen LogP contribution in [0, 0.1) is 5.82 Å². The van der Waals surface area contributed by atoms with Crippen LogP contribution in [0.15, 0.2) is 78.9 Å². The molecule has 0 saturated heterocycles. The first-order valence-corrected chi connectivity index (χ1v) is 10.1. The standard InChI is InChI=1S/C24H21F4N3O2/c25-19-10-12-21(13-11-19)31(23(33)30-20-8-2-1-3-9-20)15-5-14-29-22(32)17-6-4-7-18(16-17)24(26,27)28/h1-4,6-13,16H,5,14-15H2,(H,29,32)(H,30,33). The van der Waals surface area contributed by atoms with Crippen molar-refractivity contribution >= 4 is 23.3 Å². The lowest BCUT2D eigenvalue weighted by atomic mass is 10.1. The highest BCUT2D eigenvalue weighted by Crippen LogP contribution is 2.29. The first-order chi connectivity index (χ1) is 15.7. The minimum Gasteiger partial charge on any atom is -0.352 e. The second-order valence-corrected chi connectivity index (χ2v) is 7.11. The Labute approximate surface area is 188 Å². The van der Waals surface area contributed by atoms with Crippen LogP contribution in [0.2, 0.25) is 0 Å². The van der Waals surface area contributed by atoms with Crippen LogP contribution in [0.1, 0.15) is 22.3 Å². The van der Waals surface area contributed by atoms with Crippen LogP contribution in [0.25, 0.3) is 0 Å². The molecule has 3 rings (SSSR count). The maximum absolute atomic E-state index is 13.3. The monoisotopic (exact) mass is 459 g/mol. The second kappa shape index (κ2) is 10.6. The van der Waals surface area contributed by atoms with Crippen LogP contribution >= 0.6 is 0 Å². The molecule has 0 aromatic heterocycles. The van der Waals surface area contributed by atoms with Gasteiger partial charge < -0.3 is 10.6 Å². The van der Waals surface area contributed by atoms with Crippen molar-refractivity contribution in [3.8, 4) is 0 Å². The first kappa shape index (κ1) is 23.8. The summed E-state index contributed by atoms with van der Waals surface area (Å²) < 4.78 is 51.9. The molecule has 0 fully saturated rings. The maximum Gasteiger partial charge on any atom is 0.416 e. The number of hydrogen-bond donors (Lipinski definition) is 2. The number of carbonyl (C=O) groups is 2. The third kappa shape index (κ3) is 6.80. The first-order valence-electron chi connectivity index (χ1n) is 10.1. The van der Waals surface area contributed by atoms with Crippen LogP contribution in [0.3, 0.4) is 0 Å². The smallest absolute Gasteiger partial charge is 0.352 e. The fourth-order valence-corrected chi connectivity index (χ4v) is 3.06. The molecule has 3 aromatic rings. The van der Waals surface area contributed by atoms with E-state index in [0.29, 0.717) is 17.8 Å². The fraction of sp³-hybridized carbons (Fsp3) is 0.167. The molecule has 0 aliphatic heterocycles. The Bertz CT molecular complexity index is 1090. The second-order valence-electron chi connectivity index (χ2n) is 7.11. The highest BCUT2D eigenvalue weighted by atomic mass is 19.4. The zero-order valence-corrected chi connectivity index (χ0v) is 17.4. The number of anilines is 2. The molecule has 0 radical (unpaired) electrons. The molecule has 2 N–H and O–H groups in total. The molecule has 0 aliphatic carbocycles. The lowest BCUT2D eigenvalue weighted by Gasteiger charge is -2.23. The lowest BCUT2D eigenvalue weighted by Crippen LogP contribution is -2.37. The van der Waals surface area contributed by atoms with Gasteiger partial charge in [0.2, 0.25) is 0 Å². The molecule has 3 aromatic carbocycles. The average Bonchev–Trinajstić information content (AvgIpc) is 2.80.